The molecule has 5 heteroatoms. The van der Waals surface area contributed by atoms with Crippen LogP contribution in [0.15, 0.2) is 18.2 Å². The lowest BCUT2D eigenvalue weighted by Crippen LogP contribution is -2.36. The van der Waals surface area contributed by atoms with Crippen molar-refractivity contribution in [3.05, 3.63) is 23.8 Å². The van der Waals surface area contributed by atoms with Gasteiger partial charge in [0.2, 0.25) is 0 Å². The number of carbonyl (C=O) groups excluding carboxylic acids is 1. The minimum Gasteiger partial charge on any atom is -0.493 e. The molecule has 0 aromatic heterocycles. The fourth-order valence-electron chi connectivity index (χ4n) is 1.47. The van der Waals surface area contributed by atoms with Crippen LogP contribution in [0.3, 0.4) is 0 Å². The molecule has 0 aliphatic heterocycles. The first-order chi connectivity index (χ1) is 9.12. The summed E-state index contributed by atoms with van der Waals surface area (Å²) in [6.07, 6.45) is 0.256. The molecule has 5 nitrogen and oxygen atoms in total. The van der Waals surface area contributed by atoms with Crippen molar-refractivity contribution in [2.75, 3.05) is 13.7 Å². The summed E-state index contributed by atoms with van der Waals surface area (Å²) in [4.78, 5) is 11.7. The topological polar surface area (TPSA) is 71.3 Å². The van der Waals surface area contributed by atoms with Gasteiger partial charge < -0.3 is 14.8 Å². The zero-order chi connectivity index (χ0) is 14.3. The average Bonchev–Trinajstić information content (AvgIpc) is 2.44. The van der Waals surface area contributed by atoms with Crippen LogP contribution in [0.25, 0.3) is 0 Å². The molecule has 1 amide bonds. The molecular weight excluding hydrogens is 244 g/mol. The maximum absolute atomic E-state index is 11.7. The van der Waals surface area contributed by atoms with Crippen LogP contribution in [0.4, 0.5) is 0 Å². The van der Waals surface area contributed by atoms with Crippen LogP contribution in [0.1, 0.15) is 25.8 Å². The molecule has 1 N–H and O–H groups in total. The molecule has 19 heavy (non-hydrogen) atoms. The molecule has 102 valence electrons. The van der Waals surface area contributed by atoms with E-state index in [1.165, 1.54) is 7.11 Å². The fourth-order valence-corrected chi connectivity index (χ4v) is 1.47. The number of amides is 1. The molecular formula is C14H18N2O3. The number of benzene rings is 1. The SMILES string of the molecule is CCCNC(=O)C(C)Oc1ccc(C#N)cc1OC. The molecule has 0 spiro atoms. The third-order valence-electron chi connectivity index (χ3n) is 2.51. The second-order valence-corrected chi connectivity index (χ2v) is 4.03. The Labute approximate surface area is 113 Å². The van der Waals surface area contributed by atoms with Crippen molar-refractivity contribution in [1.29, 1.82) is 5.26 Å². The number of nitriles is 1. The van der Waals surface area contributed by atoms with Gasteiger partial charge in [0, 0.05) is 12.6 Å². The maximum Gasteiger partial charge on any atom is 0.260 e. The largest absolute Gasteiger partial charge is 0.493 e. The summed E-state index contributed by atoms with van der Waals surface area (Å²) in [5.74, 6) is 0.711. The Balaban J connectivity index is 2.76. The quantitative estimate of drug-likeness (QED) is 0.849. The summed E-state index contributed by atoms with van der Waals surface area (Å²) < 4.78 is 10.7. The van der Waals surface area contributed by atoms with Gasteiger partial charge in [0.15, 0.2) is 17.6 Å². The van der Waals surface area contributed by atoms with Gasteiger partial charge in [0.1, 0.15) is 0 Å². The lowest BCUT2D eigenvalue weighted by Gasteiger charge is -2.16. The fraction of sp³-hybridized carbons (Fsp3) is 0.429. The molecule has 0 heterocycles. The van der Waals surface area contributed by atoms with E-state index in [0.29, 0.717) is 23.6 Å². The van der Waals surface area contributed by atoms with Gasteiger partial charge in [-0.1, -0.05) is 6.92 Å². The van der Waals surface area contributed by atoms with Crippen LogP contribution in [-0.4, -0.2) is 25.7 Å². The third kappa shape index (κ3) is 4.18. The Kier molecular flexibility index (Phi) is 5.68. The van der Waals surface area contributed by atoms with Gasteiger partial charge in [0.25, 0.3) is 5.91 Å². The smallest absolute Gasteiger partial charge is 0.260 e. The lowest BCUT2D eigenvalue weighted by molar-refractivity contribution is -0.127. The molecule has 1 aromatic carbocycles. The Bertz CT molecular complexity index is 480. The van der Waals surface area contributed by atoms with E-state index in [9.17, 15) is 4.79 Å². The minimum atomic E-state index is -0.617. The summed E-state index contributed by atoms with van der Waals surface area (Å²) in [6.45, 7) is 4.27. The summed E-state index contributed by atoms with van der Waals surface area (Å²) in [5.41, 5.74) is 0.479. The van der Waals surface area contributed by atoms with E-state index in [-0.39, 0.29) is 5.91 Å². The number of nitrogens with one attached hydrogen (secondary N) is 1. The predicted molar refractivity (Wildman–Crippen MR) is 71.1 cm³/mol. The van der Waals surface area contributed by atoms with E-state index in [0.717, 1.165) is 6.42 Å². The van der Waals surface area contributed by atoms with Gasteiger partial charge in [-0.25, -0.2) is 0 Å². The highest BCUT2D eigenvalue weighted by Crippen LogP contribution is 2.28. The van der Waals surface area contributed by atoms with Crippen LogP contribution in [0, 0.1) is 11.3 Å². The van der Waals surface area contributed by atoms with E-state index in [2.05, 4.69) is 5.32 Å². The van der Waals surface area contributed by atoms with Crippen molar-refractivity contribution in [2.45, 2.75) is 26.4 Å². The molecule has 1 aromatic rings. The summed E-state index contributed by atoms with van der Waals surface area (Å²) in [7, 11) is 1.49. The number of methoxy groups -OCH3 is 1. The normalized spacial score (nSPS) is 11.3. The third-order valence-corrected chi connectivity index (χ3v) is 2.51. The first kappa shape index (κ1) is 14.8. The molecule has 1 atom stereocenters. The van der Waals surface area contributed by atoms with E-state index in [1.807, 2.05) is 13.0 Å². The minimum absolute atomic E-state index is 0.173. The molecule has 1 rings (SSSR count). The van der Waals surface area contributed by atoms with Gasteiger partial charge >= 0.3 is 0 Å². The van der Waals surface area contributed by atoms with Crippen LogP contribution in [-0.2, 0) is 4.79 Å². The van der Waals surface area contributed by atoms with Crippen molar-refractivity contribution in [3.8, 4) is 17.6 Å². The Morgan fingerprint density at radius 3 is 2.79 bits per heavy atom. The highest BCUT2D eigenvalue weighted by atomic mass is 16.5. The molecule has 1 unspecified atom stereocenters. The zero-order valence-electron chi connectivity index (χ0n) is 11.4. The van der Waals surface area contributed by atoms with Gasteiger partial charge in [-0.05, 0) is 25.5 Å². The second kappa shape index (κ2) is 7.27. The molecule has 0 saturated carbocycles. The predicted octanol–water partition coefficient (Wildman–Crippen LogP) is 1.86. The molecule has 0 saturated heterocycles. The standard InChI is InChI=1S/C14H18N2O3/c1-4-7-16-14(17)10(2)19-12-6-5-11(9-15)8-13(12)18-3/h5-6,8,10H,4,7H2,1-3H3,(H,16,17). The zero-order valence-corrected chi connectivity index (χ0v) is 11.4. The first-order valence-electron chi connectivity index (χ1n) is 6.14. The van der Waals surface area contributed by atoms with Crippen molar-refractivity contribution in [3.63, 3.8) is 0 Å². The van der Waals surface area contributed by atoms with Gasteiger partial charge in [0.05, 0.1) is 18.7 Å². The highest BCUT2D eigenvalue weighted by molar-refractivity contribution is 5.80. The average molecular weight is 262 g/mol. The molecule has 0 aliphatic carbocycles. The van der Waals surface area contributed by atoms with Crippen molar-refractivity contribution < 1.29 is 14.3 Å². The van der Waals surface area contributed by atoms with E-state index in [4.69, 9.17) is 14.7 Å². The first-order valence-corrected chi connectivity index (χ1v) is 6.14. The second-order valence-electron chi connectivity index (χ2n) is 4.03. The highest BCUT2D eigenvalue weighted by Gasteiger charge is 2.16. The Morgan fingerprint density at radius 1 is 1.47 bits per heavy atom. The molecule has 0 radical (unpaired) electrons. The van der Waals surface area contributed by atoms with Crippen molar-refractivity contribution in [1.82, 2.24) is 5.32 Å². The summed E-state index contributed by atoms with van der Waals surface area (Å²) in [5, 5.41) is 11.6. The number of carbonyl (C=O) groups is 1. The Morgan fingerprint density at radius 2 is 2.21 bits per heavy atom. The van der Waals surface area contributed by atoms with Gasteiger partial charge in [-0.2, -0.15) is 5.26 Å². The summed E-state index contributed by atoms with van der Waals surface area (Å²) in [6, 6.07) is 6.84. The van der Waals surface area contributed by atoms with Crippen LogP contribution in [0.5, 0.6) is 11.5 Å². The van der Waals surface area contributed by atoms with E-state index in [1.54, 1.807) is 25.1 Å². The summed E-state index contributed by atoms with van der Waals surface area (Å²) >= 11 is 0. The molecule has 0 fully saturated rings. The maximum atomic E-state index is 11.7. The van der Waals surface area contributed by atoms with Crippen molar-refractivity contribution >= 4 is 5.91 Å². The monoisotopic (exact) mass is 262 g/mol. The van der Waals surface area contributed by atoms with Crippen LogP contribution >= 0.6 is 0 Å². The van der Waals surface area contributed by atoms with Crippen molar-refractivity contribution in [2.24, 2.45) is 0 Å². The molecule has 0 bridgehead atoms. The van der Waals surface area contributed by atoms with E-state index >= 15 is 0 Å². The molecule has 0 aliphatic rings. The van der Waals surface area contributed by atoms with Gasteiger partial charge in [-0.3, -0.25) is 4.79 Å². The van der Waals surface area contributed by atoms with Crippen LogP contribution < -0.4 is 14.8 Å². The number of hydrogen-bond donors (Lipinski definition) is 1. The van der Waals surface area contributed by atoms with Crippen LogP contribution in [0.2, 0.25) is 0 Å². The number of rotatable bonds is 6. The number of hydrogen-bond acceptors (Lipinski definition) is 4. The number of ether oxygens (including phenoxy) is 2. The lowest BCUT2D eigenvalue weighted by atomic mass is 10.2. The Hall–Kier alpha value is -2.22. The van der Waals surface area contributed by atoms with Gasteiger partial charge in [-0.15, -0.1) is 0 Å². The number of nitrogens with zero attached hydrogens (tertiary/aromatic N) is 1. The van der Waals surface area contributed by atoms with E-state index < -0.39 is 6.10 Å².